The van der Waals surface area contributed by atoms with Crippen LogP contribution in [0.4, 0.5) is 0 Å². The molecule has 0 amide bonds. The van der Waals surface area contributed by atoms with Crippen molar-refractivity contribution >= 4 is 11.9 Å². The lowest BCUT2D eigenvalue weighted by Gasteiger charge is -2.31. The quantitative estimate of drug-likeness (QED) is 0.371. The molecule has 1 aliphatic carbocycles. The minimum Gasteiger partial charge on any atom is -0.354 e. The van der Waals surface area contributed by atoms with Crippen LogP contribution in [0.1, 0.15) is 91.9 Å². The Bertz CT molecular complexity index is 601. The molecule has 2 aliphatic heterocycles. The molecule has 184 valence electrons. The normalized spacial score (nSPS) is 26.7. The van der Waals surface area contributed by atoms with Gasteiger partial charge in [0.1, 0.15) is 0 Å². The number of nitrogens with zero attached hydrogens (tertiary/aromatic N) is 3. The largest absolute Gasteiger partial charge is 0.354 e. The van der Waals surface area contributed by atoms with Gasteiger partial charge in [0, 0.05) is 38.8 Å². The summed E-state index contributed by atoms with van der Waals surface area (Å²) in [5.41, 5.74) is 0. The van der Waals surface area contributed by atoms with Gasteiger partial charge in [-0.05, 0) is 49.9 Å². The molecular formula is C26H50N6. The monoisotopic (exact) mass is 446 g/mol. The number of hydrogen-bond acceptors (Lipinski definition) is 2. The van der Waals surface area contributed by atoms with Crippen molar-refractivity contribution in [3.8, 4) is 0 Å². The summed E-state index contributed by atoms with van der Waals surface area (Å²) >= 11 is 0. The molecule has 3 aliphatic rings. The summed E-state index contributed by atoms with van der Waals surface area (Å²) in [4.78, 5) is 7.10. The molecule has 4 atom stereocenters. The van der Waals surface area contributed by atoms with Crippen molar-refractivity contribution in [1.29, 1.82) is 10.8 Å². The van der Waals surface area contributed by atoms with Gasteiger partial charge in [-0.15, -0.1) is 0 Å². The Balaban J connectivity index is 1.45. The van der Waals surface area contributed by atoms with Crippen molar-refractivity contribution in [2.45, 2.75) is 104 Å². The number of guanidine groups is 2. The van der Waals surface area contributed by atoms with Crippen LogP contribution in [-0.4, -0.2) is 71.4 Å². The first-order valence-corrected chi connectivity index (χ1v) is 13.6. The molecule has 2 heterocycles. The molecule has 3 rings (SSSR count). The highest BCUT2D eigenvalue weighted by Gasteiger charge is 2.37. The van der Waals surface area contributed by atoms with Crippen LogP contribution in [-0.2, 0) is 0 Å². The van der Waals surface area contributed by atoms with Crippen LogP contribution < -0.4 is 5.32 Å². The first kappa shape index (κ1) is 25.2. The van der Waals surface area contributed by atoms with Crippen LogP contribution in [0, 0.1) is 28.6 Å². The summed E-state index contributed by atoms with van der Waals surface area (Å²) in [6.07, 6.45) is 12.7. The minimum atomic E-state index is 0.484. The molecule has 3 N–H and O–H groups in total. The molecule has 0 radical (unpaired) electrons. The van der Waals surface area contributed by atoms with Crippen molar-refractivity contribution in [3.05, 3.63) is 0 Å². The van der Waals surface area contributed by atoms with Crippen LogP contribution in [0.5, 0.6) is 0 Å². The van der Waals surface area contributed by atoms with Crippen molar-refractivity contribution in [1.82, 2.24) is 20.0 Å². The van der Waals surface area contributed by atoms with Gasteiger partial charge in [0.15, 0.2) is 11.9 Å². The maximum Gasteiger partial charge on any atom is 0.194 e. The maximum atomic E-state index is 8.84. The average molecular weight is 447 g/mol. The Morgan fingerprint density at radius 1 is 1.00 bits per heavy atom. The van der Waals surface area contributed by atoms with E-state index >= 15 is 0 Å². The Labute approximate surface area is 197 Å². The van der Waals surface area contributed by atoms with E-state index in [1.165, 1.54) is 51.4 Å². The smallest absolute Gasteiger partial charge is 0.194 e. The second-order valence-electron chi connectivity index (χ2n) is 10.9. The van der Waals surface area contributed by atoms with E-state index in [9.17, 15) is 0 Å². The van der Waals surface area contributed by atoms with Crippen LogP contribution >= 0.6 is 0 Å². The molecule has 1 saturated carbocycles. The second-order valence-corrected chi connectivity index (χ2v) is 10.9. The highest BCUT2D eigenvalue weighted by Crippen LogP contribution is 2.28. The highest BCUT2D eigenvalue weighted by atomic mass is 15.4. The van der Waals surface area contributed by atoms with E-state index in [-0.39, 0.29) is 0 Å². The van der Waals surface area contributed by atoms with E-state index < -0.39 is 0 Å². The lowest BCUT2D eigenvalue weighted by molar-refractivity contribution is 0.229. The summed E-state index contributed by atoms with van der Waals surface area (Å²) in [6.45, 7) is 14.3. The third-order valence-corrected chi connectivity index (χ3v) is 8.51. The van der Waals surface area contributed by atoms with Gasteiger partial charge in [-0.1, -0.05) is 59.8 Å². The fraction of sp³-hybridized carbons (Fsp3) is 0.923. The van der Waals surface area contributed by atoms with Crippen molar-refractivity contribution in [2.24, 2.45) is 17.8 Å². The zero-order valence-electron chi connectivity index (χ0n) is 21.3. The molecule has 0 aromatic heterocycles. The predicted octanol–water partition coefficient (Wildman–Crippen LogP) is 4.96. The molecule has 0 spiro atoms. The Morgan fingerprint density at radius 3 is 2.44 bits per heavy atom. The third kappa shape index (κ3) is 6.32. The summed E-state index contributed by atoms with van der Waals surface area (Å²) in [5, 5.41) is 20.5. The molecule has 32 heavy (non-hydrogen) atoms. The highest BCUT2D eigenvalue weighted by molar-refractivity contribution is 5.80. The molecule has 6 heteroatoms. The van der Waals surface area contributed by atoms with Gasteiger partial charge in [-0.2, -0.15) is 0 Å². The van der Waals surface area contributed by atoms with Crippen LogP contribution in [0.25, 0.3) is 0 Å². The predicted molar refractivity (Wildman–Crippen MR) is 135 cm³/mol. The summed E-state index contributed by atoms with van der Waals surface area (Å²) in [5.74, 6) is 3.47. The number of unbranched alkanes of at least 4 members (excludes halogenated alkanes) is 1. The second kappa shape index (κ2) is 12.1. The molecule has 3 fully saturated rings. The lowest BCUT2D eigenvalue weighted by Crippen LogP contribution is -2.41. The molecule has 2 saturated heterocycles. The van der Waals surface area contributed by atoms with E-state index in [0.29, 0.717) is 29.9 Å². The van der Waals surface area contributed by atoms with Crippen LogP contribution in [0.3, 0.4) is 0 Å². The first-order chi connectivity index (χ1) is 15.4. The SMILES string of the molecule is CCC(C)CN1C(=N)N(CCCC[C@H]2CNC(=N)N2CC2CCCCC2)CC1C(C)CC. The number of rotatable bonds is 12. The van der Waals surface area contributed by atoms with Gasteiger partial charge in [0.25, 0.3) is 0 Å². The molecule has 0 aromatic rings. The van der Waals surface area contributed by atoms with Gasteiger partial charge in [0.2, 0.25) is 0 Å². The van der Waals surface area contributed by atoms with Crippen molar-refractivity contribution in [2.75, 3.05) is 32.7 Å². The van der Waals surface area contributed by atoms with Crippen LogP contribution in [0.15, 0.2) is 0 Å². The van der Waals surface area contributed by atoms with E-state index in [0.717, 1.165) is 57.4 Å². The third-order valence-electron chi connectivity index (χ3n) is 8.51. The fourth-order valence-electron chi connectivity index (χ4n) is 5.83. The first-order valence-electron chi connectivity index (χ1n) is 13.6. The van der Waals surface area contributed by atoms with Crippen molar-refractivity contribution < 1.29 is 0 Å². The summed E-state index contributed by atoms with van der Waals surface area (Å²) < 4.78 is 0. The molecule has 0 aromatic carbocycles. The topological polar surface area (TPSA) is 69.5 Å². The Hall–Kier alpha value is -1.46. The Morgan fingerprint density at radius 2 is 1.75 bits per heavy atom. The average Bonchev–Trinajstić information content (AvgIpc) is 3.31. The minimum absolute atomic E-state index is 0.484. The van der Waals surface area contributed by atoms with Gasteiger partial charge < -0.3 is 20.0 Å². The number of hydrogen-bond donors (Lipinski definition) is 3. The lowest BCUT2D eigenvalue weighted by atomic mass is 9.88. The standard InChI is InChI=1S/C26H50N6/c1-5-20(3)17-32-24(21(4)6-2)19-30(26(32)28)15-11-10-14-23-16-29-25(27)31(23)18-22-12-8-7-9-13-22/h20-24,28H,5-19H2,1-4H3,(H2,27,29)/t20?,21?,23-,24?/m0/s1. The summed E-state index contributed by atoms with van der Waals surface area (Å²) in [7, 11) is 0. The molecule has 3 unspecified atom stereocenters. The Kier molecular flexibility index (Phi) is 9.54. The van der Waals surface area contributed by atoms with E-state index in [4.69, 9.17) is 10.8 Å². The zero-order valence-corrected chi connectivity index (χ0v) is 21.3. The van der Waals surface area contributed by atoms with Gasteiger partial charge in [-0.3, -0.25) is 10.8 Å². The van der Waals surface area contributed by atoms with E-state index in [1.807, 2.05) is 0 Å². The van der Waals surface area contributed by atoms with Gasteiger partial charge >= 0.3 is 0 Å². The van der Waals surface area contributed by atoms with E-state index in [2.05, 4.69) is 47.7 Å². The van der Waals surface area contributed by atoms with Crippen molar-refractivity contribution in [3.63, 3.8) is 0 Å². The molecular weight excluding hydrogens is 396 g/mol. The van der Waals surface area contributed by atoms with Gasteiger partial charge in [-0.25, -0.2) is 0 Å². The van der Waals surface area contributed by atoms with Crippen LogP contribution in [0.2, 0.25) is 0 Å². The molecule has 0 bridgehead atoms. The fourth-order valence-corrected chi connectivity index (χ4v) is 5.83. The summed E-state index contributed by atoms with van der Waals surface area (Å²) in [6, 6.07) is 0.976. The number of nitrogens with one attached hydrogen (secondary N) is 3. The van der Waals surface area contributed by atoms with Gasteiger partial charge in [0.05, 0.1) is 6.04 Å². The van der Waals surface area contributed by atoms with E-state index in [1.54, 1.807) is 0 Å². The molecule has 6 nitrogen and oxygen atoms in total. The maximum absolute atomic E-state index is 8.84. The zero-order chi connectivity index (χ0) is 23.1.